The number of aliphatic hydroxyl groups excluding tert-OH is 1. The topological polar surface area (TPSA) is 157 Å². The van der Waals surface area contributed by atoms with Gasteiger partial charge in [-0.15, -0.1) is 0 Å². The van der Waals surface area contributed by atoms with E-state index in [1.807, 2.05) is 48.5 Å². The van der Waals surface area contributed by atoms with Gasteiger partial charge in [0, 0.05) is 12.8 Å². The highest BCUT2D eigenvalue weighted by molar-refractivity contribution is 5.91. The van der Waals surface area contributed by atoms with Crippen molar-refractivity contribution in [2.45, 2.75) is 257 Å². The third-order valence-electron chi connectivity index (χ3n) is 12.6. The molecule has 11 heteroatoms. The fraction of sp³-hybridized carbons (Fsp3) is 0.702. The smallest absolute Gasteiger partial charge is 0.328 e. The second-order valence-electron chi connectivity index (χ2n) is 19.0. The highest BCUT2D eigenvalue weighted by Gasteiger charge is 2.32. The van der Waals surface area contributed by atoms with Crippen LogP contribution in [0.5, 0.6) is 0 Å². The van der Waals surface area contributed by atoms with Crippen molar-refractivity contribution in [3.8, 4) is 0 Å². The molecule has 3 N–H and O–H groups in total. The summed E-state index contributed by atoms with van der Waals surface area (Å²) in [5.41, 5.74) is 1.54. The number of esters is 3. The van der Waals surface area contributed by atoms with Crippen molar-refractivity contribution in [2.75, 3.05) is 0 Å². The Morgan fingerprint density at radius 1 is 0.500 bits per heavy atom. The second-order valence-corrected chi connectivity index (χ2v) is 19.0. The van der Waals surface area contributed by atoms with E-state index in [-0.39, 0.29) is 44.9 Å². The summed E-state index contributed by atoms with van der Waals surface area (Å²) in [7, 11) is 0. The molecule has 2 unspecified atom stereocenters. The SMILES string of the molecule is CCCCCCCCCCCCCCCC(=O)OC(CCCCCCCCCCCCCCC)CC(=O)N[C@H](C(=O)N[C@@H](CCC(=O)OCc1ccccc1)C(=O)OCc1ccccc1)C(C)O. The predicted molar refractivity (Wildman–Crippen MR) is 272 cm³/mol. The van der Waals surface area contributed by atoms with Gasteiger partial charge in [0.2, 0.25) is 11.8 Å². The van der Waals surface area contributed by atoms with Gasteiger partial charge in [-0.1, -0.05) is 229 Å². The minimum Gasteiger partial charge on any atom is -0.462 e. The van der Waals surface area contributed by atoms with Gasteiger partial charge in [-0.05, 0) is 43.7 Å². The quantitative estimate of drug-likeness (QED) is 0.0334. The van der Waals surface area contributed by atoms with E-state index >= 15 is 0 Å². The first-order chi connectivity index (χ1) is 33.1. The van der Waals surface area contributed by atoms with Crippen molar-refractivity contribution >= 4 is 29.7 Å². The van der Waals surface area contributed by atoms with Crippen LogP contribution in [-0.4, -0.2) is 59.1 Å². The van der Waals surface area contributed by atoms with Crippen molar-refractivity contribution in [1.29, 1.82) is 0 Å². The largest absolute Gasteiger partial charge is 0.462 e. The lowest BCUT2D eigenvalue weighted by atomic mass is 10.0. The highest BCUT2D eigenvalue weighted by Crippen LogP contribution is 2.18. The molecule has 0 fully saturated rings. The van der Waals surface area contributed by atoms with Gasteiger partial charge < -0.3 is 30.0 Å². The first-order valence-corrected chi connectivity index (χ1v) is 27.0. The number of nitrogens with one attached hydrogen (secondary N) is 2. The molecule has 4 atom stereocenters. The average Bonchev–Trinajstić information content (AvgIpc) is 3.33. The van der Waals surface area contributed by atoms with Crippen LogP contribution < -0.4 is 10.6 Å². The zero-order valence-electron chi connectivity index (χ0n) is 42.6. The summed E-state index contributed by atoms with van der Waals surface area (Å²) >= 11 is 0. The first kappa shape index (κ1) is 59.9. The van der Waals surface area contributed by atoms with E-state index in [4.69, 9.17) is 14.2 Å². The molecular weight excluding hydrogens is 857 g/mol. The van der Waals surface area contributed by atoms with Crippen LogP contribution in [-0.2, 0) is 51.4 Å². The molecular formula is C57H92N2O9. The monoisotopic (exact) mass is 949 g/mol. The molecule has 0 saturated heterocycles. The Bertz CT molecular complexity index is 1590. The van der Waals surface area contributed by atoms with Crippen molar-refractivity contribution in [3.63, 3.8) is 0 Å². The van der Waals surface area contributed by atoms with Crippen LogP contribution in [0.15, 0.2) is 60.7 Å². The van der Waals surface area contributed by atoms with Gasteiger partial charge >= 0.3 is 17.9 Å². The Kier molecular flexibility index (Phi) is 35.8. The van der Waals surface area contributed by atoms with Gasteiger partial charge in [0.1, 0.15) is 31.4 Å². The maximum atomic E-state index is 13.7. The molecule has 68 heavy (non-hydrogen) atoms. The second kappa shape index (κ2) is 40.6. The summed E-state index contributed by atoms with van der Waals surface area (Å²) in [6, 6.07) is 15.5. The summed E-state index contributed by atoms with van der Waals surface area (Å²) in [4.78, 5) is 66.6. The summed E-state index contributed by atoms with van der Waals surface area (Å²) < 4.78 is 16.9. The summed E-state index contributed by atoms with van der Waals surface area (Å²) in [6.45, 7) is 5.86. The van der Waals surface area contributed by atoms with Crippen LogP contribution >= 0.6 is 0 Å². The fourth-order valence-electron chi connectivity index (χ4n) is 8.38. The third kappa shape index (κ3) is 31.7. The van der Waals surface area contributed by atoms with Gasteiger partial charge in [0.25, 0.3) is 0 Å². The standard InChI is InChI=1S/C57H92N2O9/c1-4-6-8-10-12-14-16-18-20-22-24-26-34-40-50(68-54(63)41-35-27-25-23-21-19-17-15-13-11-9-7-5-2)44-52(61)59-55(47(3)60)56(64)58-51(57(65)67-46-49-38-32-29-33-39-49)42-43-53(62)66-45-48-36-30-28-31-37-48/h28-33,36-39,47,50-51,55,60H,4-27,34-35,40-46H2,1-3H3,(H,58,64)(H,59,61)/t47?,50?,51-,55-/m0/s1. The number of unbranched alkanes of at least 4 members (excludes halogenated alkanes) is 24. The van der Waals surface area contributed by atoms with E-state index in [1.165, 1.54) is 129 Å². The number of carbonyl (C=O) groups is 5. The molecule has 0 heterocycles. The normalized spacial score (nSPS) is 12.9. The van der Waals surface area contributed by atoms with Gasteiger partial charge in [-0.2, -0.15) is 0 Å². The third-order valence-corrected chi connectivity index (χ3v) is 12.6. The molecule has 384 valence electrons. The molecule has 0 bridgehead atoms. The van der Waals surface area contributed by atoms with Crippen molar-refractivity contribution in [1.82, 2.24) is 10.6 Å². The van der Waals surface area contributed by atoms with Crippen LogP contribution in [0.4, 0.5) is 0 Å². The molecule has 0 aliphatic rings. The van der Waals surface area contributed by atoms with Crippen LogP contribution in [0.3, 0.4) is 0 Å². The maximum absolute atomic E-state index is 13.7. The summed E-state index contributed by atoms with van der Waals surface area (Å²) in [5, 5.41) is 16.0. The molecule has 0 aromatic heterocycles. The Morgan fingerprint density at radius 2 is 0.926 bits per heavy atom. The molecule has 0 aliphatic carbocycles. The summed E-state index contributed by atoms with van der Waals surface area (Å²) in [6.07, 6.45) is 29.6. The Hall–Kier alpha value is -4.25. The zero-order valence-corrected chi connectivity index (χ0v) is 42.6. The predicted octanol–water partition coefficient (Wildman–Crippen LogP) is 12.9. The number of rotatable bonds is 43. The average molecular weight is 949 g/mol. The van der Waals surface area contributed by atoms with Gasteiger partial charge in [-0.25, -0.2) is 4.79 Å². The van der Waals surface area contributed by atoms with E-state index in [2.05, 4.69) is 24.5 Å². The molecule has 2 aromatic carbocycles. The van der Waals surface area contributed by atoms with Crippen LogP contribution in [0.2, 0.25) is 0 Å². The lowest BCUT2D eigenvalue weighted by Gasteiger charge is -2.25. The number of aliphatic hydroxyl groups is 1. The maximum Gasteiger partial charge on any atom is 0.328 e. The van der Waals surface area contributed by atoms with E-state index in [1.54, 1.807) is 12.1 Å². The molecule has 2 aromatic rings. The number of ether oxygens (including phenoxy) is 3. The van der Waals surface area contributed by atoms with Gasteiger partial charge in [0.05, 0.1) is 12.5 Å². The molecule has 0 radical (unpaired) electrons. The molecule has 0 saturated carbocycles. The molecule has 0 aliphatic heterocycles. The summed E-state index contributed by atoms with van der Waals surface area (Å²) in [5.74, 6) is -3.05. The number of carbonyl (C=O) groups excluding carboxylic acids is 5. The molecule has 2 amide bonds. The lowest BCUT2D eigenvalue weighted by molar-refractivity contribution is -0.151. The molecule has 11 nitrogen and oxygen atoms in total. The van der Waals surface area contributed by atoms with Crippen LogP contribution in [0, 0.1) is 0 Å². The minimum absolute atomic E-state index is 0.0558. The minimum atomic E-state index is -1.43. The van der Waals surface area contributed by atoms with Crippen LogP contribution in [0.1, 0.15) is 231 Å². The van der Waals surface area contributed by atoms with Crippen molar-refractivity contribution < 1.29 is 43.3 Å². The van der Waals surface area contributed by atoms with Crippen molar-refractivity contribution in [2.24, 2.45) is 0 Å². The van der Waals surface area contributed by atoms with Gasteiger partial charge in [-0.3, -0.25) is 19.2 Å². The Labute approximate surface area is 411 Å². The molecule has 2 rings (SSSR count). The van der Waals surface area contributed by atoms with Gasteiger partial charge in [0.15, 0.2) is 0 Å². The lowest BCUT2D eigenvalue weighted by Crippen LogP contribution is -2.56. The Balaban J connectivity index is 1.96. The highest BCUT2D eigenvalue weighted by atomic mass is 16.5. The van der Waals surface area contributed by atoms with Crippen LogP contribution in [0.25, 0.3) is 0 Å². The number of amides is 2. The van der Waals surface area contributed by atoms with E-state index in [9.17, 15) is 29.1 Å². The van der Waals surface area contributed by atoms with Crippen molar-refractivity contribution in [3.05, 3.63) is 71.8 Å². The van der Waals surface area contributed by atoms with E-state index in [0.29, 0.717) is 6.42 Å². The first-order valence-electron chi connectivity index (χ1n) is 27.0. The number of benzene rings is 2. The number of hydrogen-bond donors (Lipinski definition) is 3. The molecule has 0 spiro atoms. The Morgan fingerprint density at radius 3 is 1.38 bits per heavy atom. The fourth-order valence-corrected chi connectivity index (χ4v) is 8.38. The number of hydrogen-bond acceptors (Lipinski definition) is 9. The van der Waals surface area contributed by atoms with E-state index < -0.39 is 48.0 Å². The zero-order chi connectivity index (χ0) is 49.3. The van der Waals surface area contributed by atoms with E-state index in [0.717, 1.165) is 56.1 Å².